The lowest BCUT2D eigenvalue weighted by Crippen LogP contribution is -2.31. The molecule has 1 aliphatic heterocycles. The maximum absolute atomic E-state index is 13.3. The Kier molecular flexibility index (Phi) is 5.76. The average molecular weight is 442 g/mol. The van der Waals surface area contributed by atoms with Gasteiger partial charge in [-0.2, -0.15) is 0 Å². The molecule has 0 saturated heterocycles. The van der Waals surface area contributed by atoms with E-state index < -0.39 is 0 Å². The minimum Gasteiger partial charge on any atom is -0.495 e. The normalized spacial score (nSPS) is 14.1. The highest BCUT2D eigenvalue weighted by molar-refractivity contribution is 8.03. The van der Waals surface area contributed by atoms with Crippen molar-refractivity contribution in [1.82, 2.24) is 0 Å². The number of benzene rings is 2. The number of hydrogen-bond donors (Lipinski definition) is 0. The van der Waals surface area contributed by atoms with Crippen LogP contribution in [0.5, 0.6) is 5.75 Å². The van der Waals surface area contributed by atoms with Gasteiger partial charge in [0.2, 0.25) is 0 Å². The van der Waals surface area contributed by atoms with Crippen molar-refractivity contribution < 1.29 is 14.3 Å². The van der Waals surface area contributed by atoms with Crippen LogP contribution in [0.1, 0.15) is 10.4 Å². The van der Waals surface area contributed by atoms with Gasteiger partial charge in [-0.05, 0) is 35.2 Å². The molecule has 0 bridgehead atoms. The van der Waals surface area contributed by atoms with Crippen molar-refractivity contribution in [3.8, 4) is 5.75 Å². The molecule has 4 rings (SSSR count). The number of anilines is 1. The predicted molar refractivity (Wildman–Crippen MR) is 119 cm³/mol. The molecule has 29 heavy (non-hydrogen) atoms. The van der Waals surface area contributed by atoms with E-state index in [1.165, 1.54) is 35.1 Å². The Hall–Kier alpha value is -2.54. The maximum Gasteiger partial charge on any atom is 0.272 e. The van der Waals surface area contributed by atoms with Crippen molar-refractivity contribution in [2.75, 3.05) is 12.0 Å². The van der Waals surface area contributed by atoms with Gasteiger partial charge in [-0.3, -0.25) is 9.59 Å². The molecule has 0 atom stereocenters. The standard InChI is InChI=1S/C22H16ClNO3S2/c1-27-17-10-9-15(12-16(17)23)24-21(25)19(18-8-5-11-28-18)20(22(24)26)29-13-14-6-3-2-4-7-14/h2-12H,13H2,1H3. The van der Waals surface area contributed by atoms with Crippen molar-refractivity contribution in [1.29, 1.82) is 0 Å². The van der Waals surface area contributed by atoms with Gasteiger partial charge in [0.15, 0.2) is 0 Å². The Morgan fingerprint density at radius 3 is 2.48 bits per heavy atom. The molecule has 3 aromatic rings. The molecule has 0 spiro atoms. The summed E-state index contributed by atoms with van der Waals surface area (Å²) in [7, 11) is 1.52. The molecule has 0 radical (unpaired) electrons. The number of thioether (sulfide) groups is 1. The number of thiophene rings is 1. The van der Waals surface area contributed by atoms with Gasteiger partial charge in [0.25, 0.3) is 11.8 Å². The summed E-state index contributed by atoms with van der Waals surface area (Å²) >= 11 is 9.05. The Labute approximate surface area is 181 Å². The number of amides is 2. The molecule has 7 heteroatoms. The van der Waals surface area contributed by atoms with E-state index in [0.717, 1.165) is 10.4 Å². The van der Waals surface area contributed by atoms with Gasteiger partial charge in [-0.1, -0.05) is 48.0 Å². The molecular formula is C22H16ClNO3S2. The third kappa shape index (κ3) is 3.83. The van der Waals surface area contributed by atoms with Crippen LogP contribution in [-0.2, 0) is 15.3 Å². The van der Waals surface area contributed by atoms with Crippen LogP contribution in [0.4, 0.5) is 5.69 Å². The smallest absolute Gasteiger partial charge is 0.272 e. The second-order valence-electron chi connectivity index (χ2n) is 6.22. The number of ether oxygens (including phenoxy) is 1. The largest absolute Gasteiger partial charge is 0.495 e. The molecule has 2 aromatic carbocycles. The van der Waals surface area contributed by atoms with Crippen LogP contribution in [0, 0.1) is 0 Å². The minimum absolute atomic E-state index is 0.333. The third-order valence-corrected chi connectivity index (χ3v) is 6.76. The van der Waals surface area contributed by atoms with E-state index in [1.807, 2.05) is 47.8 Å². The molecule has 2 heterocycles. The van der Waals surface area contributed by atoms with E-state index >= 15 is 0 Å². The highest BCUT2D eigenvalue weighted by Gasteiger charge is 2.40. The van der Waals surface area contributed by atoms with Gasteiger partial charge in [0.1, 0.15) is 5.75 Å². The fraction of sp³-hybridized carbons (Fsp3) is 0.0909. The molecule has 0 N–H and O–H groups in total. The molecule has 146 valence electrons. The summed E-state index contributed by atoms with van der Waals surface area (Å²) in [5.74, 6) is 0.413. The fourth-order valence-electron chi connectivity index (χ4n) is 3.04. The lowest BCUT2D eigenvalue weighted by atomic mass is 10.2. The Balaban J connectivity index is 1.71. The minimum atomic E-state index is -0.339. The van der Waals surface area contributed by atoms with E-state index in [-0.39, 0.29) is 11.8 Å². The number of carbonyl (C=O) groups excluding carboxylic acids is 2. The first kappa shape index (κ1) is 19.8. The molecule has 0 saturated carbocycles. The number of rotatable bonds is 6. The number of methoxy groups -OCH3 is 1. The molecule has 0 fully saturated rings. The first-order chi connectivity index (χ1) is 14.1. The number of nitrogens with zero attached hydrogens (tertiary/aromatic N) is 1. The van der Waals surface area contributed by atoms with Crippen molar-refractivity contribution in [2.24, 2.45) is 0 Å². The zero-order valence-electron chi connectivity index (χ0n) is 15.4. The molecule has 1 aromatic heterocycles. The van der Waals surface area contributed by atoms with Crippen LogP contribution in [0.2, 0.25) is 5.02 Å². The summed E-state index contributed by atoms with van der Waals surface area (Å²) in [6.45, 7) is 0. The van der Waals surface area contributed by atoms with E-state index in [4.69, 9.17) is 16.3 Å². The Morgan fingerprint density at radius 1 is 1.03 bits per heavy atom. The molecule has 0 aliphatic carbocycles. The first-order valence-electron chi connectivity index (χ1n) is 8.77. The van der Waals surface area contributed by atoms with Crippen LogP contribution in [-0.4, -0.2) is 18.9 Å². The summed E-state index contributed by atoms with van der Waals surface area (Å²) in [5.41, 5.74) is 1.95. The lowest BCUT2D eigenvalue weighted by Gasteiger charge is -2.16. The van der Waals surface area contributed by atoms with Crippen LogP contribution < -0.4 is 9.64 Å². The van der Waals surface area contributed by atoms with Crippen molar-refractivity contribution in [3.63, 3.8) is 0 Å². The quantitative estimate of drug-likeness (QED) is 0.465. The van der Waals surface area contributed by atoms with Crippen LogP contribution in [0.15, 0.2) is 70.9 Å². The number of carbonyl (C=O) groups is 2. The van der Waals surface area contributed by atoms with Crippen LogP contribution >= 0.6 is 34.7 Å². The topological polar surface area (TPSA) is 46.6 Å². The second kappa shape index (κ2) is 8.45. The summed E-state index contributed by atoms with van der Waals surface area (Å²) < 4.78 is 5.17. The SMILES string of the molecule is COc1ccc(N2C(=O)C(SCc3ccccc3)=C(c3cccs3)C2=O)cc1Cl. The number of halogens is 1. The highest BCUT2D eigenvalue weighted by Crippen LogP contribution is 2.42. The summed E-state index contributed by atoms with van der Waals surface area (Å²) in [4.78, 5) is 29.0. The number of imide groups is 1. The van der Waals surface area contributed by atoms with Crippen molar-refractivity contribution in [3.05, 3.63) is 86.4 Å². The average Bonchev–Trinajstić information content (AvgIpc) is 3.33. The van der Waals surface area contributed by atoms with Gasteiger partial charge in [-0.25, -0.2) is 4.90 Å². The summed E-state index contributed by atoms with van der Waals surface area (Å²) in [6.07, 6.45) is 0. The van der Waals surface area contributed by atoms with E-state index in [0.29, 0.717) is 32.7 Å². The zero-order chi connectivity index (χ0) is 20.4. The zero-order valence-corrected chi connectivity index (χ0v) is 17.8. The van der Waals surface area contributed by atoms with Crippen LogP contribution in [0.3, 0.4) is 0 Å². The first-order valence-corrected chi connectivity index (χ1v) is 11.0. The monoisotopic (exact) mass is 441 g/mol. The molecule has 2 amide bonds. The maximum atomic E-state index is 13.3. The van der Waals surface area contributed by atoms with E-state index in [9.17, 15) is 9.59 Å². The predicted octanol–water partition coefficient (Wildman–Crippen LogP) is 5.63. The van der Waals surface area contributed by atoms with Gasteiger partial charge in [-0.15, -0.1) is 23.1 Å². The fourth-order valence-corrected chi connectivity index (χ4v) is 5.18. The lowest BCUT2D eigenvalue weighted by molar-refractivity contribution is -0.119. The number of hydrogen-bond acceptors (Lipinski definition) is 5. The van der Waals surface area contributed by atoms with E-state index in [2.05, 4.69) is 0 Å². The molecular weight excluding hydrogens is 426 g/mol. The molecule has 4 nitrogen and oxygen atoms in total. The molecule has 1 aliphatic rings. The summed E-state index contributed by atoms with van der Waals surface area (Å²) in [6, 6.07) is 18.5. The Morgan fingerprint density at radius 2 is 1.83 bits per heavy atom. The van der Waals surface area contributed by atoms with Gasteiger partial charge >= 0.3 is 0 Å². The van der Waals surface area contributed by atoms with Gasteiger partial charge in [0.05, 0.1) is 28.3 Å². The van der Waals surface area contributed by atoms with Gasteiger partial charge in [0, 0.05) is 10.6 Å². The van der Waals surface area contributed by atoms with Crippen LogP contribution in [0.25, 0.3) is 5.57 Å². The highest BCUT2D eigenvalue weighted by atomic mass is 35.5. The van der Waals surface area contributed by atoms with Gasteiger partial charge < -0.3 is 4.74 Å². The third-order valence-electron chi connectivity index (χ3n) is 4.43. The van der Waals surface area contributed by atoms with Crippen molar-refractivity contribution >= 4 is 57.8 Å². The summed E-state index contributed by atoms with van der Waals surface area (Å²) in [5, 5.41) is 2.24. The second-order valence-corrected chi connectivity index (χ2v) is 8.56. The Bertz CT molecular complexity index is 1090. The van der Waals surface area contributed by atoms with E-state index in [1.54, 1.807) is 18.2 Å². The van der Waals surface area contributed by atoms with Crippen molar-refractivity contribution in [2.45, 2.75) is 5.75 Å². The molecule has 0 unspecified atom stereocenters.